The third kappa shape index (κ3) is 3.24. The zero-order valence-corrected chi connectivity index (χ0v) is 12.2. The summed E-state index contributed by atoms with van der Waals surface area (Å²) in [6.45, 7) is 7.49. The second kappa shape index (κ2) is 6.43. The Bertz CT molecular complexity index is 526. The van der Waals surface area contributed by atoms with Gasteiger partial charge in [0.1, 0.15) is 6.10 Å². The van der Waals surface area contributed by atoms with Crippen LogP contribution in [0.15, 0.2) is 43.2 Å². The molecule has 112 valence electrons. The lowest BCUT2D eigenvalue weighted by molar-refractivity contribution is -0.144. The van der Waals surface area contributed by atoms with Gasteiger partial charge in [0, 0.05) is 0 Å². The summed E-state index contributed by atoms with van der Waals surface area (Å²) in [6.07, 6.45) is 0.0562. The minimum Gasteiger partial charge on any atom is -0.443 e. The van der Waals surface area contributed by atoms with Gasteiger partial charge in [0.15, 0.2) is 6.04 Å². The minimum absolute atomic E-state index is 0.0112. The monoisotopic (exact) mass is 289 g/mol. The molecule has 0 N–H and O–H groups in total. The molecular weight excluding hydrogens is 270 g/mol. The first-order chi connectivity index (χ1) is 10.0. The van der Waals surface area contributed by atoms with Gasteiger partial charge in [0.2, 0.25) is 0 Å². The van der Waals surface area contributed by atoms with E-state index in [4.69, 9.17) is 9.47 Å². The van der Waals surface area contributed by atoms with E-state index in [-0.39, 0.29) is 5.92 Å². The van der Waals surface area contributed by atoms with Gasteiger partial charge in [-0.2, -0.15) is 0 Å². The van der Waals surface area contributed by atoms with Crippen LogP contribution in [0, 0.1) is 5.92 Å². The van der Waals surface area contributed by atoms with Crippen LogP contribution in [0.3, 0.4) is 0 Å². The van der Waals surface area contributed by atoms with E-state index in [0.29, 0.717) is 6.54 Å². The second-order valence-electron chi connectivity index (χ2n) is 5.25. The molecule has 0 bridgehead atoms. The summed E-state index contributed by atoms with van der Waals surface area (Å²) < 4.78 is 10.2. The van der Waals surface area contributed by atoms with Crippen molar-refractivity contribution in [2.24, 2.45) is 5.92 Å². The number of nitrogens with zero attached hydrogens (tertiary/aromatic N) is 1. The molecule has 0 aliphatic carbocycles. The number of carbonyl (C=O) groups is 2. The van der Waals surface area contributed by atoms with Crippen LogP contribution in [0.4, 0.5) is 4.79 Å². The van der Waals surface area contributed by atoms with E-state index < -0.39 is 24.2 Å². The van der Waals surface area contributed by atoms with Crippen molar-refractivity contribution in [2.75, 3.05) is 0 Å². The van der Waals surface area contributed by atoms with Crippen molar-refractivity contribution in [1.29, 1.82) is 0 Å². The highest BCUT2D eigenvalue weighted by Gasteiger charge is 2.48. The molecule has 1 aromatic rings. The molecule has 0 unspecified atom stereocenters. The molecule has 5 heteroatoms. The largest absolute Gasteiger partial charge is 0.443 e. The van der Waals surface area contributed by atoms with E-state index in [2.05, 4.69) is 6.58 Å². The molecule has 1 saturated heterocycles. The Kier molecular flexibility index (Phi) is 4.62. The third-order valence-electron chi connectivity index (χ3n) is 3.41. The van der Waals surface area contributed by atoms with E-state index in [1.807, 2.05) is 44.2 Å². The summed E-state index contributed by atoms with van der Waals surface area (Å²) in [6, 6.07) is 8.70. The maximum absolute atomic E-state index is 12.1. The third-order valence-corrected chi connectivity index (χ3v) is 3.41. The average molecular weight is 289 g/mol. The maximum Gasteiger partial charge on any atom is 0.411 e. The summed E-state index contributed by atoms with van der Waals surface area (Å²) >= 11 is 0. The lowest BCUT2D eigenvalue weighted by Crippen LogP contribution is -2.44. The Morgan fingerprint density at radius 2 is 2.10 bits per heavy atom. The van der Waals surface area contributed by atoms with Gasteiger partial charge in [-0.1, -0.05) is 50.8 Å². The van der Waals surface area contributed by atoms with E-state index >= 15 is 0 Å². The van der Waals surface area contributed by atoms with Crippen LogP contribution < -0.4 is 0 Å². The van der Waals surface area contributed by atoms with Gasteiger partial charge >= 0.3 is 12.1 Å². The molecule has 1 aliphatic heterocycles. The van der Waals surface area contributed by atoms with Crippen molar-refractivity contribution in [3.63, 3.8) is 0 Å². The van der Waals surface area contributed by atoms with Crippen molar-refractivity contribution in [3.05, 3.63) is 48.7 Å². The van der Waals surface area contributed by atoms with Gasteiger partial charge in [0.25, 0.3) is 0 Å². The van der Waals surface area contributed by atoms with Gasteiger partial charge in [-0.15, -0.1) is 0 Å². The van der Waals surface area contributed by atoms with Crippen LogP contribution >= 0.6 is 0 Å². The van der Waals surface area contributed by atoms with Crippen LogP contribution in [0.1, 0.15) is 19.4 Å². The topological polar surface area (TPSA) is 55.8 Å². The molecule has 2 atom stereocenters. The van der Waals surface area contributed by atoms with Gasteiger partial charge in [-0.25, -0.2) is 9.59 Å². The highest BCUT2D eigenvalue weighted by Crippen LogP contribution is 2.28. The molecule has 5 nitrogen and oxygen atoms in total. The molecular formula is C16H19NO4. The summed E-state index contributed by atoms with van der Waals surface area (Å²) in [4.78, 5) is 25.6. The molecule has 1 aromatic carbocycles. The molecule has 0 radical (unpaired) electrons. The fraction of sp³-hybridized carbons (Fsp3) is 0.375. The van der Waals surface area contributed by atoms with Crippen molar-refractivity contribution in [1.82, 2.24) is 4.90 Å². The zero-order valence-electron chi connectivity index (χ0n) is 12.2. The minimum atomic E-state index is -0.754. The van der Waals surface area contributed by atoms with Crippen molar-refractivity contribution >= 4 is 12.1 Å². The number of benzene rings is 1. The zero-order chi connectivity index (χ0) is 15.4. The SMILES string of the molecule is C=COC(=O)[C@H]1[C@H](C(C)C)OC(=O)N1Cc1ccccc1. The number of hydrogen-bond donors (Lipinski definition) is 0. The van der Waals surface area contributed by atoms with Crippen molar-refractivity contribution in [2.45, 2.75) is 32.5 Å². The quantitative estimate of drug-likeness (QED) is 0.618. The molecule has 2 rings (SSSR count). The molecule has 1 aliphatic rings. The maximum atomic E-state index is 12.1. The second-order valence-corrected chi connectivity index (χ2v) is 5.25. The van der Waals surface area contributed by atoms with Crippen LogP contribution in [-0.4, -0.2) is 29.1 Å². The summed E-state index contributed by atoms with van der Waals surface area (Å²) in [7, 11) is 0. The molecule has 0 spiro atoms. The van der Waals surface area contributed by atoms with E-state index in [0.717, 1.165) is 11.8 Å². The van der Waals surface area contributed by atoms with Crippen LogP contribution in [-0.2, 0) is 20.8 Å². The lowest BCUT2D eigenvalue weighted by atomic mass is 9.99. The standard InChI is InChI=1S/C16H19NO4/c1-4-20-15(18)13-14(11(2)3)21-16(19)17(13)10-12-8-6-5-7-9-12/h4-9,11,13-14H,1,10H2,2-3H3/t13-,14+/m1/s1. The Hall–Kier alpha value is -2.30. The normalized spacial score (nSPS) is 21.3. The molecule has 1 amide bonds. The predicted molar refractivity (Wildman–Crippen MR) is 77.2 cm³/mol. The summed E-state index contributed by atoms with van der Waals surface area (Å²) in [5, 5.41) is 0. The number of amides is 1. The number of esters is 1. The average Bonchev–Trinajstić information content (AvgIpc) is 2.78. The first-order valence-electron chi connectivity index (χ1n) is 6.87. The molecule has 0 saturated carbocycles. The van der Waals surface area contributed by atoms with Crippen LogP contribution in [0.2, 0.25) is 0 Å². The summed E-state index contributed by atoms with van der Waals surface area (Å²) in [5.74, 6) is -0.512. The first kappa shape index (κ1) is 15.1. The van der Waals surface area contributed by atoms with E-state index in [9.17, 15) is 9.59 Å². The fourth-order valence-electron chi connectivity index (χ4n) is 2.40. The van der Waals surface area contributed by atoms with Gasteiger partial charge in [-0.05, 0) is 11.5 Å². The Labute approximate surface area is 124 Å². The molecule has 21 heavy (non-hydrogen) atoms. The fourth-order valence-corrected chi connectivity index (χ4v) is 2.40. The van der Waals surface area contributed by atoms with Gasteiger partial charge in [-0.3, -0.25) is 4.90 Å². The highest BCUT2D eigenvalue weighted by atomic mass is 16.6. The van der Waals surface area contributed by atoms with E-state index in [1.165, 1.54) is 4.90 Å². The molecule has 1 heterocycles. The highest BCUT2D eigenvalue weighted by molar-refractivity contribution is 5.85. The Balaban J connectivity index is 2.25. The smallest absolute Gasteiger partial charge is 0.411 e. The lowest BCUT2D eigenvalue weighted by Gasteiger charge is -2.24. The number of carbonyl (C=O) groups excluding carboxylic acids is 2. The number of rotatable bonds is 5. The predicted octanol–water partition coefficient (Wildman–Crippen LogP) is 2.72. The molecule has 1 fully saturated rings. The van der Waals surface area contributed by atoms with E-state index in [1.54, 1.807) is 0 Å². The van der Waals surface area contributed by atoms with Crippen LogP contribution in [0.25, 0.3) is 0 Å². The summed E-state index contributed by atoms with van der Waals surface area (Å²) in [5.41, 5.74) is 0.926. The Morgan fingerprint density at radius 1 is 1.43 bits per heavy atom. The van der Waals surface area contributed by atoms with Gasteiger partial charge < -0.3 is 9.47 Å². The number of ether oxygens (including phenoxy) is 2. The van der Waals surface area contributed by atoms with Crippen LogP contribution in [0.5, 0.6) is 0 Å². The molecule has 0 aromatic heterocycles. The number of hydrogen-bond acceptors (Lipinski definition) is 4. The first-order valence-corrected chi connectivity index (χ1v) is 6.87. The van der Waals surface area contributed by atoms with Crippen molar-refractivity contribution in [3.8, 4) is 0 Å². The van der Waals surface area contributed by atoms with Gasteiger partial charge in [0.05, 0.1) is 12.8 Å². The number of cyclic esters (lactones) is 1. The van der Waals surface area contributed by atoms with Crippen molar-refractivity contribution < 1.29 is 19.1 Å². The Morgan fingerprint density at radius 3 is 2.67 bits per heavy atom.